The smallest absolute Gasteiger partial charge is 0.211 e. The molecule has 2 heterocycles. The van der Waals surface area contributed by atoms with E-state index in [1.807, 2.05) is 28.8 Å². The van der Waals surface area contributed by atoms with Crippen molar-refractivity contribution in [1.82, 2.24) is 9.38 Å². The van der Waals surface area contributed by atoms with Gasteiger partial charge < -0.3 is 5.11 Å². The van der Waals surface area contributed by atoms with Gasteiger partial charge in [0.2, 0.25) is 5.78 Å². The van der Waals surface area contributed by atoms with Crippen LogP contribution in [0.25, 0.3) is 5.65 Å². The van der Waals surface area contributed by atoms with Crippen LogP contribution in [-0.4, -0.2) is 20.3 Å². The van der Waals surface area contributed by atoms with Crippen LogP contribution < -0.4 is 0 Å². The molecular formula is C17H12Br2N2O2. The zero-order chi connectivity index (χ0) is 16.1. The Bertz CT molecular complexity index is 922. The average molecular weight is 436 g/mol. The van der Waals surface area contributed by atoms with Gasteiger partial charge in [-0.05, 0) is 69.0 Å². The molecular weight excluding hydrogens is 424 g/mol. The van der Waals surface area contributed by atoms with Gasteiger partial charge in [-0.1, -0.05) is 6.07 Å². The molecule has 0 saturated heterocycles. The normalized spacial score (nSPS) is 14.3. The van der Waals surface area contributed by atoms with Gasteiger partial charge in [0.05, 0.1) is 14.6 Å². The number of pyridine rings is 1. The van der Waals surface area contributed by atoms with E-state index >= 15 is 0 Å². The molecule has 0 radical (unpaired) electrons. The van der Waals surface area contributed by atoms with Crippen molar-refractivity contribution in [2.75, 3.05) is 0 Å². The van der Waals surface area contributed by atoms with Gasteiger partial charge in [0.1, 0.15) is 17.1 Å². The summed E-state index contributed by atoms with van der Waals surface area (Å²) in [4.78, 5) is 17.8. The van der Waals surface area contributed by atoms with E-state index in [2.05, 4.69) is 36.8 Å². The Balaban J connectivity index is 1.91. The molecule has 4 nitrogen and oxygen atoms in total. The van der Waals surface area contributed by atoms with Crippen LogP contribution in [0.4, 0.5) is 0 Å². The van der Waals surface area contributed by atoms with Crippen molar-refractivity contribution in [2.45, 2.75) is 18.8 Å². The molecule has 1 N–H and O–H groups in total. The average Bonchev–Trinajstić information content (AvgIpc) is 3.31. The first kappa shape index (κ1) is 14.9. The van der Waals surface area contributed by atoms with E-state index in [4.69, 9.17) is 0 Å². The summed E-state index contributed by atoms with van der Waals surface area (Å²) in [6.45, 7) is 0. The van der Waals surface area contributed by atoms with Gasteiger partial charge in [0.15, 0.2) is 0 Å². The highest BCUT2D eigenvalue weighted by molar-refractivity contribution is 9.11. The summed E-state index contributed by atoms with van der Waals surface area (Å²) in [7, 11) is 0. The number of phenolic OH excluding ortho intramolecular Hbond substituents is 1. The van der Waals surface area contributed by atoms with Crippen LogP contribution in [0.1, 0.15) is 40.5 Å². The van der Waals surface area contributed by atoms with Crippen LogP contribution in [0.5, 0.6) is 5.75 Å². The Morgan fingerprint density at radius 1 is 1.22 bits per heavy atom. The summed E-state index contributed by atoms with van der Waals surface area (Å²) >= 11 is 6.57. The quantitative estimate of drug-likeness (QED) is 0.608. The van der Waals surface area contributed by atoms with E-state index in [1.54, 1.807) is 12.1 Å². The number of nitrogens with zero attached hydrogens (tertiary/aromatic N) is 2. The molecule has 0 atom stereocenters. The van der Waals surface area contributed by atoms with Crippen molar-refractivity contribution in [2.24, 2.45) is 0 Å². The van der Waals surface area contributed by atoms with Crippen molar-refractivity contribution < 1.29 is 9.90 Å². The van der Waals surface area contributed by atoms with E-state index in [1.165, 1.54) is 0 Å². The van der Waals surface area contributed by atoms with Gasteiger partial charge in [-0.25, -0.2) is 4.98 Å². The Morgan fingerprint density at radius 3 is 2.57 bits per heavy atom. The summed E-state index contributed by atoms with van der Waals surface area (Å²) in [5, 5.41) is 9.85. The molecule has 1 aromatic carbocycles. The van der Waals surface area contributed by atoms with Gasteiger partial charge in [-0.15, -0.1) is 0 Å². The lowest BCUT2D eigenvalue weighted by molar-refractivity contribution is 0.103. The number of benzene rings is 1. The standard InChI is InChI=1S/C17H12Br2N2O2/c18-11-7-10(8-12(19)17(11)23)16(22)15-14(9-4-5-9)20-13-3-1-2-6-21(13)15/h1-3,6-9,23H,4-5H2. The molecule has 0 aliphatic heterocycles. The van der Waals surface area contributed by atoms with Gasteiger partial charge in [0, 0.05) is 17.7 Å². The van der Waals surface area contributed by atoms with E-state index < -0.39 is 0 Å². The summed E-state index contributed by atoms with van der Waals surface area (Å²) in [6, 6.07) is 9.00. The SMILES string of the molecule is O=C(c1cc(Br)c(O)c(Br)c1)c1c(C2CC2)nc2ccccn12. The first-order valence-electron chi connectivity index (χ1n) is 7.26. The van der Waals surface area contributed by atoms with Crippen LogP contribution in [-0.2, 0) is 0 Å². The molecule has 0 spiro atoms. The van der Waals surface area contributed by atoms with Crippen LogP contribution in [0.3, 0.4) is 0 Å². The lowest BCUT2D eigenvalue weighted by atomic mass is 10.0. The fourth-order valence-corrected chi connectivity index (χ4v) is 3.90. The first-order chi connectivity index (χ1) is 11.1. The molecule has 2 aromatic heterocycles. The van der Waals surface area contributed by atoms with Gasteiger partial charge in [0.25, 0.3) is 0 Å². The second kappa shape index (κ2) is 5.46. The maximum absolute atomic E-state index is 13.1. The summed E-state index contributed by atoms with van der Waals surface area (Å²) in [5.74, 6) is 0.368. The fraction of sp³-hybridized carbons (Fsp3) is 0.176. The monoisotopic (exact) mass is 434 g/mol. The number of carbonyl (C=O) groups is 1. The molecule has 0 unspecified atom stereocenters. The summed E-state index contributed by atoms with van der Waals surface area (Å²) in [6.07, 6.45) is 4.02. The molecule has 3 aromatic rings. The predicted octanol–water partition coefficient (Wildman–Crippen LogP) is 4.67. The molecule has 6 heteroatoms. The van der Waals surface area contributed by atoms with Crippen molar-refractivity contribution in [3.05, 3.63) is 62.4 Å². The zero-order valence-corrected chi connectivity index (χ0v) is 15.1. The lowest BCUT2D eigenvalue weighted by Crippen LogP contribution is -2.08. The Morgan fingerprint density at radius 2 is 1.91 bits per heavy atom. The van der Waals surface area contributed by atoms with Crippen molar-refractivity contribution in [1.29, 1.82) is 0 Å². The minimum absolute atomic E-state index is 0.0853. The Hall–Kier alpha value is -1.66. The van der Waals surface area contributed by atoms with Gasteiger partial charge in [-0.2, -0.15) is 0 Å². The number of phenols is 1. The fourth-order valence-electron chi connectivity index (χ4n) is 2.71. The van der Waals surface area contributed by atoms with Crippen LogP contribution in [0, 0.1) is 0 Å². The maximum Gasteiger partial charge on any atom is 0.211 e. The molecule has 4 rings (SSSR count). The highest BCUT2D eigenvalue weighted by Crippen LogP contribution is 2.42. The number of aromatic hydroxyl groups is 1. The largest absolute Gasteiger partial charge is 0.506 e. The number of aromatic nitrogens is 2. The predicted molar refractivity (Wildman–Crippen MR) is 94.1 cm³/mol. The highest BCUT2D eigenvalue weighted by Gasteiger charge is 2.33. The molecule has 1 fully saturated rings. The number of imidazole rings is 1. The van der Waals surface area contributed by atoms with Crippen molar-refractivity contribution in [3.8, 4) is 5.75 Å². The molecule has 0 bridgehead atoms. The number of hydrogen-bond donors (Lipinski definition) is 1. The van der Waals surface area contributed by atoms with E-state index in [0.717, 1.165) is 24.2 Å². The van der Waals surface area contributed by atoms with E-state index in [-0.39, 0.29) is 11.5 Å². The molecule has 1 aliphatic rings. The minimum Gasteiger partial charge on any atom is -0.506 e. The number of ketones is 1. The first-order valence-corrected chi connectivity index (χ1v) is 8.84. The highest BCUT2D eigenvalue weighted by atomic mass is 79.9. The third-order valence-electron chi connectivity index (χ3n) is 4.02. The van der Waals surface area contributed by atoms with Gasteiger partial charge in [-0.3, -0.25) is 9.20 Å². The number of hydrogen-bond acceptors (Lipinski definition) is 3. The Labute approximate surface area is 149 Å². The number of fused-ring (bicyclic) bond motifs is 1. The second-order valence-electron chi connectivity index (χ2n) is 5.67. The van der Waals surface area contributed by atoms with Crippen LogP contribution in [0.2, 0.25) is 0 Å². The van der Waals surface area contributed by atoms with Crippen molar-refractivity contribution >= 4 is 43.3 Å². The molecule has 23 heavy (non-hydrogen) atoms. The number of halogens is 2. The summed E-state index contributed by atoms with van der Waals surface area (Å²) < 4.78 is 2.82. The second-order valence-corrected chi connectivity index (χ2v) is 7.38. The molecule has 116 valence electrons. The van der Waals surface area contributed by atoms with Crippen molar-refractivity contribution in [3.63, 3.8) is 0 Å². The topological polar surface area (TPSA) is 54.6 Å². The third kappa shape index (κ3) is 2.50. The third-order valence-corrected chi connectivity index (χ3v) is 5.22. The minimum atomic E-state index is -0.0907. The number of carbonyl (C=O) groups excluding carboxylic acids is 1. The molecule has 1 aliphatic carbocycles. The van der Waals surface area contributed by atoms with Crippen LogP contribution in [0.15, 0.2) is 45.5 Å². The molecule has 0 amide bonds. The maximum atomic E-state index is 13.1. The zero-order valence-electron chi connectivity index (χ0n) is 12.0. The van der Waals surface area contributed by atoms with Gasteiger partial charge >= 0.3 is 0 Å². The van der Waals surface area contributed by atoms with Crippen LogP contribution >= 0.6 is 31.9 Å². The molecule has 1 saturated carbocycles. The summed E-state index contributed by atoms with van der Waals surface area (Å²) in [5.41, 5.74) is 2.79. The van der Waals surface area contributed by atoms with E-state index in [0.29, 0.717) is 26.1 Å². The lowest BCUT2D eigenvalue weighted by Gasteiger charge is -2.07. The van der Waals surface area contributed by atoms with E-state index in [9.17, 15) is 9.90 Å². The number of rotatable bonds is 3. The Kier molecular flexibility index (Phi) is 3.54.